The Morgan fingerprint density at radius 1 is 1.32 bits per heavy atom. The molecule has 2 rings (SSSR count). The Morgan fingerprint density at radius 3 is 2.47 bits per heavy atom. The molecule has 0 saturated heterocycles. The third kappa shape index (κ3) is 7.64. The Balaban J connectivity index is 0.000000360. The van der Waals surface area contributed by atoms with Gasteiger partial charge in [0, 0.05) is 11.5 Å². The molecule has 8 heteroatoms. The summed E-state index contributed by atoms with van der Waals surface area (Å²) in [7, 11) is -4.42. The van der Waals surface area contributed by atoms with Crippen molar-refractivity contribution in [1.82, 2.24) is 0 Å². The smallest absolute Gasteiger partial charge is 0.756 e. The zero-order valence-electron chi connectivity index (χ0n) is 10.6. The molecular weight excluding hydrogens is 282 g/mol. The molecule has 2 aromatic rings. The normalized spacial score (nSPS) is 12.8. The van der Waals surface area contributed by atoms with Crippen molar-refractivity contribution < 1.29 is 52.9 Å². The van der Waals surface area contributed by atoms with Gasteiger partial charge in [0.05, 0.1) is 6.61 Å². The van der Waals surface area contributed by atoms with Crippen LogP contribution in [0.1, 0.15) is 6.92 Å². The molecule has 1 aromatic carbocycles. The number of phosphoric acid groups is 1. The first kappa shape index (κ1) is 18.5. The van der Waals surface area contributed by atoms with Gasteiger partial charge in [0.25, 0.3) is 7.82 Å². The third-order valence-electron chi connectivity index (χ3n) is 1.82. The van der Waals surface area contributed by atoms with Crippen LogP contribution in [0, 0.1) is 0 Å². The summed E-state index contributed by atoms with van der Waals surface area (Å²) in [6.07, 6.45) is 0. The van der Waals surface area contributed by atoms with Crippen LogP contribution in [0.3, 0.4) is 0 Å². The van der Waals surface area contributed by atoms with Gasteiger partial charge in [0.2, 0.25) is 0 Å². The average molecular weight is 294 g/mol. The molecule has 0 amide bonds. The van der Waals surface area contributed by atoms with Crippen molar-refractivity contribution in [3.8, 4) is 0 Å². The number of fused-ring (bicyclic) bond motifs is 1. The fraction of sp³-hybridized carbons (Fsp3) is 0.182. The van der Waals surface area contributed by atoms with Gasteiger partial charge in [-0.25, -0.2) is 4.79 Å². The first-order valence-corrected chi connectivity index (χ1v) is 6.59. The van der Waals surface area contributed by atoms with Crippen LogP contribution in [0.2, 0.25) is 0 Å². The van der Waals surface area contributed by atoms with Crippen molar-refractivity contribution >= 4 is 18.8 Å². The summed E-state index contributed by atoms with van der Waals surface area (Å²) in [5.74, 6) is 0. The van der Waals surface area contributed by atoms with E-state index >= 15 is 0 Å². The average Bonchev–Trinajstić information content (AvgIpc) is 2.28. The molecule has 0 fully saturated rings. The predicted octanol–water partition coefficient (Wildman–Crippen LogP) is -1.72. The molecule has 19 heavy (non-hydrogen) atoms. The Bertz CT molecular complexity index is 605. The van der Waals surface area contributed by atoms with E-state index in [1.165, 1.54) is 13.0 Å². The molecule has 1 unspecified atom stereocenters. The number of hydrogen-bond acceptors (Lipinski definition) is 5. The number of benzene rings is 1. The SMILES string of the molecule is CCOP(=O)([O-])O.O=c1ccc2ccccc2o1.[Na+]. The Hall–Kier alpha value is -0.460. The number of phosphoric ester groups is 1. The number of hydrogen-bond donors (Lipinski definition) is 1. The Labute approximate surface area is 131 Å². The van der Waals surface area contributed by atoms with E-state index in [1.807, 2.05) is 18.2 Å². The van der Waals surface area contributed by atoms with Crippen LogP contribution in [0.15, 0.2) is 45.6 Å². The van der Waals surface area contributed by atoms with Crippen LogP contribution in [-0.4, -0.2) is 11.5 Å². The standard InChI is InChI=1S/C9H6O2.C2H7O4P.Na/c10-9-6-5-7-3-1-2-4-8(7)11-9;1-2-6-7(3,4)5;/h1-6H;2H2,1H3,(H2,3,4,5);/q;;+1/p-1. The van der Waals surface area contributed by atoms with Gasteiger partial charge in [-0.15, -0.1) is 0 Å². The van der Waals surface area contributed by atoms with Crippen molar-refractivity contribution in [3.63, 3.8) is 0 Å². The molecule has 0 aliphatic rings. The van der Waals surface area contributed by atoms with Crippen LogP contribution >= 0.6 is 7.82 Å². The minimum absolute atomic E-state index is 0. The third-order valence-corrected chi connectivity index (χ3v) is 2.41. The van der Waals surface area contributed by atoms with Gasteiger partial charge in [-0.3, -0.25) is 4.57 Å². The van der Waals surface area contributed by atoms with Crippen LogP contribution in [0.5, 0.6) is 0 Å². The molecule has 0 radical (unpaired) electrons. The van der Waals surface area contributed by atoms with Gasteiger partial charge in [0.15, 0.2) is 0 Å². The molecular formula is C11H12NaO6P. The maximum absolute atomic E-state index is 10.7. The van der Waals surface area contributed by atoms with Gasteiger partial charge in [-0.1, -0.05) is 18.2 Å². The molecule has 1 aromatic heterocycles. The predicted molar refractivity (Wildman–Crippen MR) is 63.9 cm³/mol. The van der Waals surface area contributed by atoms with E-state index in [-0.39, 0.29) is 41.8 Å². The van der Waals surface area contributed by atoms with Gasteiger partial charge < -0.3 is 18.7 Å². The maximum atomic E-state index is 10.7. The zero-order chi connectivity index (χ0) is 13.6. The molecule has 1 heterocycles. The van der Waals surface area contributed by atoms with Crippen molar-refractivity contribution in [1.29, 1.82) is 0 Å². The van der Waals surface area contributed by atoms with E-state index in [1.54, 1.807) is 12.1 Å². The molecule has 0 aliphatic carbocycles. The summed E-state index contributed by atoms with van der Waals surface area (Å²) in [5.41, 5.74) is 0.337. The molecule has 0 aliphatic heterocycles. The Kier molecular flexibility index (Phi) is 8.45. The summed E-state index contributed by atoms with van der Waals surface area (Å²) in [6.45, 7) is 1.46. The number of para-hydroxylation sites is 1. The minimum Gasteiger partial charge on any atom is -0.756 e. The molecule has 0 spiro atoms. The summed E-state index contributed by atoms with van der Waals surface area (Å²) < 4.78 is 18.3. The van der Waals surface area contributed by atoms with Crippen LogP contribution in [0.25, 0.3) is 11.0 Å². The van der Waals surface area contributed by atoms with Gasteiger partial charge >= 0.3 is 35.2 Å². The van der Waals surface area contributed by atoms with Gasteiger partial charge in [-0.05, 0) is 19.1 Å². The number of rotatable bonds is 2. The van der Waals surface area contributed by atoms with Crippen molar-refractivity contribution in [3.05, 3.63) is 46.8 Å². The monoisotopic (exact) mass is 294 g/mol. The van der Waals surface area contributed by atoms with E-state index in [0.717, 1.165) is 5.39 Å². The van der Waals surface area contributed by atoms with Crippen LogP contribution < -0.4 is 40.1 Å². The molecule has 0 bridgehead atoms. The summed E-state index contributed by atoms with van der Waals surface area (Å²) in [5, 5.41) is 0.951. The van der Waals surface area contributed by atoms with Crippen molar-refractivity contribution in [2.24, 2.45) is 0 Å². The first-order valence-electron chi connectivity index (χ1n) is 5.09. The van der Waals surface area contributed by atoms with Gasteiger partial charge in [0.1, 0.15) is 5.58 Å². The summed E-state index contributed by atoms with van der Waals surface area (Å²) >= 11 is 0. The van der Waals surface area contributed by atoms with E-state index in [0.29, 0.717) is 5.58 Å². The molecule has 6 nitrogen and oxygen atoms in total. The van der Waals surface area contributed by atoms with E-state index < -0.39 is 7.82 Å². The quantitative estimate of drug-likeness (QED) is 0.402. The van der Waals surface area contributed by atoms with Crippen LogP contribution in [0.4, 0.5) is 0 Å². The minimum atomic E-state index is -4.42. The van der Waals surface area contributed by atoms with Gasteiger partial charge in [-0.2, -0.15) is 0 Å². The molecule has 98 valence electrons. The van der Waals surface area contributed by atoms with Crippen molar-refractivity contribution in [2.75, 3.05) is 6.61 Å². The van der Waals surface area contributed by atoms with Crippen LogP contribution in [-0.2, 0) is 9.09 Å². The molecule has 1 N–H and O–H groups in total. The van der Waals surface area contributed by atoms with Crippen molar-refractivity contribution in [2.45, 2.75) is 6.92 Å². The molecule has 0 saturated carbocycles. The largest absolute Gasteiger partial charge is 1.00 e. The fourth-order valence-corrected chi connectivity index (χ4v) is 1.50. The van der Waals surface area contributed by atoms with E-state index in [4.69, 9.17) is 9.31 Å². The maximum Gasteiger partial charge on any atom is 1.00 e. The summed E-state index contributed by atoms with van der Waals surface area (Å²) in [6, 6.07) is 10.6. The first-order chi connectivity index (χ1) is 8.42. The van der Waals surface area contributed by atoms with E-state index in [9.17, 15) is 14.3 Å². The summed E-state index contributed by atoms with van der Waals surface area (Å²) in [4.78, 5) is 28.1. The Morgan fingerprint density at radius 2 is 1.95 bits per heavy atom. The molecule has 1 atom stereocenters. The van der Waals surface area contributed by atoms with E-state index in [2.05, 4.69) is 4.52 Å². The second-order valence-electron chi connectivity index (χ2n) is 3.18. The second kappa shape index (κ2) is 8.66. The topological polar surface area (TPSA) is 99.8 Å². The fourth-order valence-electron chi connectivity index (χ4n) is 1.17. The second-order valence-corrected chi connectivity index (χ2v) is 4.37. The zero-order valence-corrected chi connectivity index (χ0v) is 13.5.